The van der Waals surface area contributed by atoms with Gasteiger partial charge < -0.3 is 14.1 Å². The Kier molecular flexibility index (Phi) is 4.38. The van der Waals surface area contributed by atoms with Crippen molar-refractivity contribution in [1.29, 1.82) is 0 Å². The van der Waals surface area contributed by atoms with E-state index in [9.17, 15) is 14.4 Å². The molecule has 0 atom stereocenters. The Balaban J connectivity index is 1.99. The van der Waals surface area contributed by atoms with Crippen LogP contribution >= 0.6 is 0 Å². The lowest BCUT2D eigenvalue weighted by Gasteiger charge is -2.26. The average Bonchev–Trinajstić information content (AvgIpc) is 2.53. The number of carbonyl (C=O) groups excluding carboxylic acids is 2. The number of carbonyl (C=O) groups is 2. The lowest BCUT2D eigenvalue weighted by Crippen LogP contribution is -2.38. The largest absolute Gasteiger partial charge is 0.491 e. The number of nitrogens with zero attached hydrogens (tertiary/aromatic N) is 1. The topological polar surface area (TPSA) is 76.8 Å². The summed E-state index contributed by atoms with van der Waals surface area (Å²) in [6.07, 6.45) is 0.708. The first kappa shape index (κ1) is 16.2. The van der Waals surface area contributed by atoms with Gasteiger partial charge in [0.1, 0.15) is 17.1 Å². The van der Waals surface area contributed by atoms with Crippen molar-refractivity contribution >= 4 is 22.7 Å². The Morgan fingerprint density at radius 1 is 1.17 bits per heavy atom. The highest BCUT2D eigenvalue weighted by atomic mass is 16.5. The van der Waals surface area contributed by atoms with E-state index in [0.29, 0.717) is 48.2 Å². The molecule has 1 amide bonds. The maximum atomic E-state index is 12.7. The smallest absolute Gasteiger partial charge is 0.337 e. The number of benzene rings is 1. The Morgan fingerprint density at radius 2 is 1.88 bits per heavy atom. The number of rotatable bonds is 3. The molecule has 0 unspecified atom stereocenters. The van der Waals surface area contributed by atoms with Gasteiger partial charge in [-0.2, -0.15) is 0 Å². The van der Waals surface area contributed by atoms with Crippen LogP contribution in [0.25, 0.3) is 11.0 Å². The van der Waals surface area contributed by atoms with Gasteiger partial charge in [0.2, 0.25) is 0 Å². The molecule has 0 saturated carbocycles. The summed E-state index contributed by atoms with van der Waals surface area (Å²) in [5.41, 5.74) is 0.0319. The number of fused-ring (bicyclic) bond motifs is 1. The quantitative estimate of drug-likeness (QED) is 0.808. The van der Waals surface area contributed by atoms with Crippen LogP contribution in [0.1, 0.15) is 37.0 Å². The van der Waals surface area contributed by atoms with E-state index in [0.717, 1.165) is 0 Å². The van der Waals surface area contributed by atoms with Crippen LogP contribution in [0, 0.1) is 0 Å². The van der Waals surface area contributed by atoms with E-state index in [-0.39, 0.29) is 17.8 Å². The third kappa shape index (κ3) is 3.32. The molecule has 126 valence electrons. The zero-order chi connectivity index (χ0) is 17.3. The molecule has 1 aliphatic rings. The molecule has 1 saturated heterocycles. The normalized spacial score (nSPS) is 15.1. The Hall–Kier alpha value is -2.63. The molecule has 1 fully saturated rings. The molecule has 24 heavy (non-hydrogen) atoms. The number of likely N-dealkylation sites (tertiary alicyclic amines) is 1. The number of hydrogen-bond donors (Lipinski definition) is 0. The Bertz CT molecular complexity index is 842. The van der Waals surface area contributed by atoms with Gasteiger partial charge in [-0.25, -0.2) is 4.79 Å². The maximum Gasteiger partial charge on any atom is 0.337 e. The summed E-state index contributed by atoms with van der Waals surface area (Å²) in [4.78, 5) is 37.5. The standard InChI is InChI=1S/C18H19NO5/c1-11(2)23-13-3-4-14-15(10-17(21)24-16(14)9-13)18(22)19-7-5-12(20)6-8-19/h3-4,9-11H,5-8H2,1-2H3. The highest BCUT2D eigenvalue weighted by molar-refractivity contribution is 6.06. The van der Waals surface area contributed by atoms with Gasteiger partial charge in [-0.3, -0.25) is 9.59 Å². The number of piperidine rings is 1. The summed E-state index contributed by atoms with van der Waals surface area (Å²) in [6.45, 7) is 4.57. The number of ketones is 1. The Labute approximate surface area is 139 Å². The van der Waals surface area contributed by atoms with Crippen molar-refractivity contribution in [3.05, 3.63) is 40.2 Å². The molecule has 0 radical (unpaired) electrons. The van der Waals surface area contributed by atoms with Crippen LogP contribution in [0.2, 0.25) is 0 Å². The van der Waals surface area contributed by atoms with Gasteiger partial charge in [0.15, 0.2) is 0 Å². The maximum absolute atomic E-state index is 12.7. The van der Waals surface area contributed by atoms with Crippen molar-refractivity contribution in [2.24, 2.45) is 0 Å². The predicted octanol–water partition coefficient (Wildman–Crippen LogP) is 2.39. The molecule has 1 aromatic heterocycles. The first-order valence-corrected chi connectivity index (χ1v) is 7.99. The first-order valence-electron chi connectivity index (χ1n) is 7.99. The van der Waals surface area contributed by atoms with Crippen LogP contribution in [0.15, 0.2) is 33.5 Å². The number of Topliss-reactive ketones (excluding diaryl/α,β-unsaturated/α-hetero) is 1. The van der Waals surface area contributed by atoms with Gasteiger partial charge in [0.25, 0.3) is 5.91 Å². The van der Waals surface area contributed by atoms with Crippen molar-refractivity contribution in [2.45, 2.75) is 32.8 Å². The van der Waals surface area contributed by atoms with Crippen molar-refractivity contribution < 1.29 is 18.7 Å². The second-order valence-corrected chi connectivity index (χ2v) is 6.13. The number of amides is 1. The van der Waals surface area contributed by atoms with Crippen LogP contribution in [-0.4, -0.2) is 35.8 Å². The van der Waals surface area contributed by atoms with E-state index in [1.165, 1.54) is 6.07 Å². The number of ether oxygens (including phenoxy) is 1. The summed E-state index contributed by atoms with van der Waals surface area (Å²) in [5, 5.41) is 0.563. The molecule has 0 aliphatic carbocycles. The van der Waals surface area contributed by atoms with Crippen molar-refractivity contribution in [1.82, 2.24) is 4.90 Å². The van der Waals surface area contributed by atoms with E-state index in [2.05, 4.69) is 0 Å². The molecule has 0 bridgehead atoms. The van der Waals surface area contributed by atoms with Crippen LogP contribution in [0.3, 0.4) is 0 Å². The minimum atomic E-state index is -0.583. The third-order valence-corrected chi connectivity index (χ3v) is 3.93. The van der Waals surface area contributed by atoms with E-state index < -0.39 is 5.63 Å². The molecule has 1 aliphatic heterocycles. The van der Waals surface area contributed by atoms with E-state index in [1.807, 2.05) is 13.8 Å². The molecule has 1 aromatic carbocycles. The lowest BCUT2D eigenvalue weighted by molar-refractivity contribution is -0.120. The van der Waals surface area contributed by atoms with Gasteiger partial charge in [0.05, 0.1) is 11.7 Å². The SMILES string of the molecule is CC(C)Oc1ccc2c(C(=O)N3CCC(=O)CC3)cc(=O)oc2c1. The highest BCUT2D eigenvalue weighted by Gasteiger charge is 2.24. The predicted molar refractivity (Wildman–Crippen MR) is 88.4 cm³/mol. The van der Waals surface area contributed by atoms with Crippen LogP contribution in [0.5, 0.6) is 5.75 Å². The summed E-state index contributed by atoms with van der Waals surface area (Å²) < 4.78 is 10.8. The van der Waals surface area contributed by atoms with E-state index >= 15 is 0 Å². The van der Waals surface area contributed by atoms with Gasteiger partial charge >= 0.3 is 5.63 Å². The highest BCUT2D eigenvalue weighted by Crippen LogP contribution is 2.25. The fraction of sp³-hybridized carbons (Fsp3) is 0.389. The summed E-state index contributed by atoms with van der Waals surface area (Å²) in [5.74, 6) is 0.485. The third-order valence-electron chi connectivity index (χ3n) is 3.93. The molecule has 0 N–H and O–H groups in total. The monoisotopic (exact) mass is 329 g/mol. The fourth-order valence-electron chi connectivity index (χ4n) is 2.80. The van der Waals surface area contributed by atoms with E-state index in [4.69, 9.17) is 9.15 Å². The van der Waals surface area contributed by atoms with Crippen molar-refractivity contribution in [2.75, 3.05) is 13.1 Å². The fourth-order valence-corrected chi connectivity index (χ4v) is 2.80. The Morgan fingerprint density at radius 3 is 2.54 bits per heavy atom. The summed E-state index contributed by atoms with van der Waals surface area (Å²) >= 11 is 0. The number of hydrogen-bond acceptors (Lipinski definition) is 5. The van der Waals surface area contributed by atoms with Crippen molar-refractivity contribution in [3.63, 3.8) is 0 Å². The molecule has 3 rings (SSSR count). The minimum Gasteiger partial charge on any atom is -0.491 e. The van der Waals surface area contributed by atoms with Gasteiger partial charge in [-0.1, -0.05) is 0 Å². The van der Waals surface area contributed by atoms with Crippen LogP contribution in [-0.2, 0) is 4.79 Å². The molecule has 6 nitrogen and oxygen atoms in total. The van der Waals surface area contributed by atoms with Crippen molar-refractivity contribution in [3.8, 4) is 5.75 Å². The van der Waals surface area contributed by atoms with Gasteiger partial charge in [-0.05, 0) is 26.0 Å². The first-order chi connectivity index (χ1) is 11.4. The zero-order valence-corrected chi connectivity index (χ0v) is 13.7. The zero-order valence-electron chi connectivity index (χ0n) is 13.7. The molecular formula is C18H19NO5. The summed E-state index contributed by atoms with van der Waals surface area (Å²) in [7, 11) is 0. The molecule has 0 spiro atoms. The second kappa shape index (κ2) is 6.47. The van der Waals surface area contributed by atoms with Gasteiger partial charge in [0, 0.05) is 43.5 Å². The molecular weight excluding hydrogens is 310 g/mol. The molecule has 6 heteroatoms. The molecule has 2 heterocycles. The lowest BCUT2D eigenvalue weighted by atomic mass is 10.1. The average molecular weight is 329 g/mol. The van der Waals surface area contributed by atoms with Crippen LogP contribution in [0.4, 0.5) is 0 Å². The van der Waals surface area contributed by atoms with Crippen LogP contribution < -0.4 is 10.4 Å². The van der Waals surface area contributed by atoms with E-state index in [1.54, 1.807) is 23.1 Å². The second-order valence-electron chi connectivity index (χ2n) is 6.13. The van der Waals surface area contributed by atoms with Gasteiger partial charge in [-0.15, -0.1) is 0 Å². The minimum absolute atomic E-state index is 0.00938. The molecule has 2 aromatic rings. The summed E-state index contributed by atoms with van der Waals surface area (Å²) in [6, 6.07) is 6.30.